The monoisotopic (exact) mass is 302 g/mol. The maximum atomic E-state index is 12.5. The number of nitrogens with one attached hydrogen (secondary N) is 2. The largest absolute Gasteiger partial charge is 0.416 e. The normalized spacial score (nSPS) is 23.9. The molecule has 1 aliphatic rings. The van der Waals surface area contributed by atoms with Crippen LogP contribution in [0, 0.1) is 0 Å². The van der Waals surface area contributed by atoms with Gasteiger partial charge in [-0.1, -0.05) is 12.1 Å². The third-order valence-electron chi connectivity index (χ3n) is 3.52. The molecular formula is C14H17F3N2O2. The second kappa shape index (κ2) is 6.03. The quantitative estimate of drug-likeness (QED) is 0.795. The molecule has 0 aromatic heterocycles. The van der Waals surface area contributed by atoms with Crippen LogP contribution in [0.5, 0.6) is 0 Å². The second-order valence-electron chi connectivity index (χ2n) is 5.20. The Bertz CT molecular complexity index is 502. The Hall–Kier alpha value is -1.60. The Morgan fingerprint density at radius 2 is 2.00 bits per heavy atom. The molecule has 3 atom stereocenters. The number of aliphatic hydroxyl groups is 1. The van der Waals surface area contributed by atoms with Crippen molar-refractivity contribution in [1.82, 2.24) is 10.6 Å². The van der Waals surface area contributed by atoms with Crippen LogP contribution in [0.4, 0.5) is 13.2 Å². The summed E-state index contributed by atoms with van der Waals surface area (Å²) in [5.74, 6) is -0.265. The number of β-amino-alcohol motifs (C(OH)–C–C–N with tert-alkyl or cyclic N) is 1. The molecule has 2 rings (SSSR count). The van der Waals surface area contributed by atoms with Crippen LogP contribution in [0.2, 0.25) is 0 Å². The van der Waals surface area contributed by atoms with Crippen LogP contribution in [-0.4, -0.2) is 29.7 Å². The molecule has 1 amide bonds. The number of benzene rings is 1. The van der Waals surface area contributed by atoms with E-state index in [0.717, 1.165) is 12.1 Å². The average Bonchev–Trinajstić information content (AvgIpc) is 2.84. The van der Waals surface area contributed by atoms with Gasteiger partial charge < -0.3 is 15.7 Å². The van der Waals surface area contributed by atoms with Crippen molar-refractivity contribution in [2.75, 3.05) is 6.54 Å². The predicted molar refractivity (Wildman–Crippen MR) is 70.4 cm³/mol. The third kappa shape index (κ3) is 3.95. The van der Waals surface area contributed by atoms with Crippen LogP contribution in [0.3, 0.4) is 0 Å². The van der Waals surface area contributed by atoms with Crippen LogP contribution in [0.25, 0.3) is 0 Å². The van der Waals surface area contributed by atoms with E-state index in [4.69, 9.17) is 0 Å². The number of carbonyl (C=O) groups excluding carboxylic acids is 1. The van der Waals surface area contributed by atoms with E-state index in [0.29, 0.717) is 18.5 Å². The highest BCUT2D eigenvalue weighted by atomic mass is 19.4. The summed E-state index contributed by atoms with van der Waals surface area (Å²) >= 11 is 0. The van der Waals surface area contributed by atoms with Gasteiger partial charge in [0.1, 0.15) is 0 Å². The summed E-state index contributed by atoms with van der Waals surface area (Å²) in [4.78, 5) is 11.9. The molecule has 0 saturated carbocycles. The minimum Gasteiger partial charge on any atom is -0.392 e. The summed E-state index contributed by atoms with van der Waals surface area (Å²) in [5, 5.41) is 15.0. The first-order chi connectivity index (χ1) is 9.77. The van der Waals surface area contributed by atoms with E-state index in [2.05, 4.69) is 10.6 Å². The summed E-state index contributed by atoms with van der Waals surface area (Å²) < 4.78 is 37.4. The van der Waals surface area contributed by atoms with Gasteiger partial charge in [-0.2, -0.15) is 13.2 Å². The number of alkyl halides is 3. The highest BCUT2D eigenvalue weighted by molar-refractivity contribution is 5.82. The molecule has 0 radical (unpaired) electrons. The van der Waals surface area contributed by atoms with E-state index in [1.165, 1.54) is 12.1 Å². The Morgan fingerprint density at radius 3 is 2.48 bits per heavy atom. The van der Waals surface area contributed by atoms with Gasteiger partial charge in [0, 0.05) is 6.54 Å². The molecule has 1 aromatic carbocycles. The molecule has 1 fully saturated rings. The number of hydrogen-bond acceptors (Lipinski definition) is 3. The summed E-state index contributed by atoms with van der Waals surface area (Å²) in [6.45, 7) is 2.07. The molecule has 4 nitrogen and oxygen atoms in total. The SMILES string of the molecule is CC(NC(=O)C1CC(O)CN1)c1ccc(C(F)(F)F)cc1. The van der Waals surface area contributed by atoms with Gasteiger partial charge >= 0.3 is 6.18 Å². The zero-order valence-electron chi connectivity index (χ0n) is 11.4. The zero-order chi connectivity index (χ0) is 15.6. The first-order valence-corrected chi connectivity index (χ1v) is 6.66. The van der Waals surface area contributed by atoms with Gasteiger partial charge in [0.15, 0.2) is 0 Å². The highest BCUT2D eigenvalue weighted by Crippen LogP contribution is 2.29. The van der Waals surface area contributed by atoms with E-state index >= 15 is 0 Å². The van der Waals surface area contributed by atoms with Crippen molar-refractivity contribution < 1.29 is 23.1 Å². The van der Waals surface area contributed by atoms with Crippen LogP contribution in [-0.2, 0) is 11.0 Å². The van der Waals surface area contributed by atoms with E-state index in [-0.39, 0.29) is 5.91 Å². The molecule has 7 heteroatoms. The first-order valence-electron chi connectivity index (χ1n) is 6.66. The van der Waals surface area contributed by atoms with Crippen molar-refractivity contribution >= 4 is 5.91 Å². The average molecular weight is 302 g/mol. The lowest BCUT2D eigenvalue weighted by atomic mass is 10.1. The Labute approximate surface area is 120 Å². The minimum atomic E-state index is -4.37. The smallest absolute Gasteiger partial charge is 0.392 e. The van der Waals surface area contributed by atoms with E-state index in [1.807, 2.05) is 0 Å². The lowest BCUT2D eigenvalue weighted by Crippen LogP contribution is -2.41. The van der Waals surface area contributed by atoms with Crippen LogP contribution in [0.15, 0.2) is 24.3 Å². The Morgan fingerprint density at radius 1 is 1.38 bits per heavy atom. The number of rotatable bonds is 3. The standard InChI is InChI=1S/C14H17F3N2O2/c1-8(19-13(21)12-6-11(20)7-18-12)9-2-4-10(5-3-9)14(15,16)17/h2-5,8,11-12,18,20H,6-7H2,1H3,(H,19,21). The first kappa shape index (κ1) is 15.8. The van der Waals surface area contributed by atoms with Gasteiger partial charge in [0.2, 0.25) is 5.91 Å². The second-order valence-corrected chi connectivity index (χ2v) is 5.20. The number of hydrogen-bond donors (Lipinski definition) is 3. The molecular weight excluding hydrogens is 285 g/mol. The number of carbonyl (C=O) groups is 1. The van der Waals surface area contributed by atoms with Gasteiger partial charge in [-0.05, 0) is 31.0 Å². The number of aliphatic hydroxyl groups excluding tert-OH is 1. The molecule has 0 spiro atoms. The zero-order valence-corrected chi connectivity index (χ0v) is 11.4. The molecule has 116 valence electrons. The van der Waals surface area contributed by atoms with Gasteiger partial charge in [0.05, 0.1) is 23.8 Å². The van der Waals surface area contributed by atoms with Crippen molar-refractivity contribution in [2.45, 2.75) is 37.7 Å². The predicted octanol–water partition coefficient (Wildman–Crippen LogP) is 1.61. The maximum absolute atomic E-state index is 12.5. The maximum Gasteiger partial charge on any atom is 0.416 e. The van der Waals surface area contributed by atoms with Crippen LogP contribution >= 0.6 is 0 Å². The fourth-order valence-corrected chi connectivity index (χ4v) is 2.27. The number of halogens is 3. The van der Waals surface area contributed by atoms with Gasteiger partial charge in [-0.25, -0.2) is 0 Å². The van der Waals surface area contributed by atoms with E-state index in [1.54, 1.807) is 6.92 Å². The molecule has 21 heavy (non-hydrogen) atoms. The van der Waals surface area contributed by atoms with Gasteiger partial charge in [-0.15, -0.1) is 0 Å². The lowest BCUT2D eigenvalue weighted by molar-refractivity contribution is -0.137. The van der Waals surface area contributed by atoms with Crippen molar-refractivity contribution in [3.05, 3.63) is 35.4 Å². The molecule has 3 unspecified atom stereocenters. The third-order valence-corrected chi connectivity index (χ3v) is 3.52. The molecule has 0 bridgehead atoms. The van der Waals surface area contributed by atoms with E-state index < -0.39 is 29.9 Å². The van der Waals surface area contributed by atoms with Crippen molar-refractivity contribution in [3.8, 4) is 0 Å². The molecule has 1 aromatic rings. The summed E-state index contributed by atoms with van der Waals surface area (Å²) in [7, 11) is 0. The number of amides is 1. The Balaban J connectivity index is 1.97. The van der Waals surface area contributed by atoms with Crippen molar-refractivity contribution in [3.63, 3.8) is 0 Å². The van der Waals surface area contributed by atoms with Crippen molar-refractivity contribution in [2.24, 2.45) is 0 Å². The highest BCUT2D eigenvalue weighted by Gasteiger charge is 2.31. The summed E-state index contributed by atoms with van der Waals surface area (Å²) in [5.41, 5.74) is -0.125. The fraction of sp³-hybridized carbons (Fsp3) is 0.500. The molecule has 1 saturated heterocycles. The van der Waals surface area contributed by atoms with E-state index in [9.17, 15) is 23.1 Å². The van der Waals surface area contributed by atoms with Crippen molar-refractivity contribution in [1.29, 1.82) is 0 Å². The summed E-state index contributed by atoms with van der Waals surface area (Å²) in [6.07, 6.45) is -4.57. The molecule has 1 aliphatic heterocycles. The molecule has 0 aliphatic carbocycles. The lowest BCUT2D eigenvalue weighted by Gasteiger charge is -2.18. The fourth-order valence-electron chi connectivity index (χ4n) is 2.27. The van der Waals surface area contributed by atoms with Crippen LogP contribution < -0.4 is 10.6 Å². The molecule has 1 heterocycles. The molecule has 3 N–H and O–H groups in total. The Kier molecular flexibility index (Phi) is 4.53. The van der Waals surface area contributed by atoms with Gasteiger partial charge in [-0.3, -0.25) is 4.79 Å². The summed E-state index contributed by atoms with van der Waals surface area (Å²) in [6, 6.07) is 3.83. The van der Waals surface area contributed by atoms with Crippen LogP contribution in [0.1, 0.15) is 30.5 Å². The van der Waals surface area contributed by atoms with Gasteiger partial charge in [0.25, 0.3) is 0 Å². The topological polar surface area (TPSA) is 61.4 Å². The minimum absolute atomic E-state index is 0.265.